The largest absolute Gasteiger partial charge is 0.495 e. The van der Waals surface area contributed by atoms with E-state index in [1.54, 1.807) is 6.08 Å². The lowest BCUT2D eigenvalue weighted by Crippen LogP contribution is -2.29. The molecule has 0 aromatic rings. The number of hydrogen-bond acceptors (Lipinski definition) is 3. The lowest BCUT2D eigenvalue weighted by atomic mass is 10.0. The number of alkyl halides is 1. The van der Waals surface area contributed by atoms with Gasteiger partial charge in [-0.2, -0.15) is 0 Å². The van der Waals surface area contributed by atoms with Gasteiger partial charge in [0.05, 0.1) is 17.5 Å². The van der Waals surface area contributed by atoms with E-state index >= 15 is 0 Å². The van der Waals surface area contributed by atoms with Crippen LogP contribution >= 0.6 is 23.2 Å². The highest BCUT2D eigenvalue weighted by Crippen LogP contribution is 2.20. The van der Waals surface area contributed by atoms with Crippen LogP contribution < -0.4 is 5.73 Å². The maximum atomic E-state index is 10.6. The van der Waals surface area contributed by atoms with E-state index in [0.717, 1.165) is 12.0 Å². The molecule has 6 heteroatoms. The number of ether oxygens (including phenoxy) is 1. The van der Waals surface area contributed by atoms with Gasteiger partial charge in [-0.15, -0.1) is 11.6 Å². The molecule has 0 aromatic carbocycles. The second kappa shape index (κ2) is 10.1. The van der Waals surface area contributed by atoms with Crippen molar-refractivity contribution in [2.45, 2.75) is 39.2 Å². The smallest absolute Gasteiger partial charge is 0.320 e. The Balaban J connectivity index is 4.74. The molecule has 0 aromatic heterocycles. The third kappa shape index (κ3) is 7.45. The highest BCUT2D eigenvalue weighted by Gasteiger charge is 2.12. The van der Waals surface area contributed by atoms with Gasteiger partial charge in [-0.3, -0.25) is 4.79 Å². The van der Waals surface area contributed by atoms with E-state index in [4.69, 9.17) is 38.8 Å². The van der Waals surface area contributed by atoms with Crippen LogP contribution in [0.2, 0.25) is 0 Å². The zero-order valence-corrected chi connectivity index (χ0v) is 12.8. The van der Waals surface area contributed by atoms with Gasteiger partial charge in [-0.1, -0.05) is 24.1 Å². The van der Waals surface area contributed by atoms with Crippen LogP contribution in [0.15, 0.2) is 22.4 Å². The quantitative estimate of drug-likeness (QED) is 0.389. The zero-order chi connectivity index (χ0) is 14.8. The molecule has 0 aliphatic heterocycles. The van der Waals surface area contributed by atoms with Gasteiger partial charge in [0.2, 0.25) is 0 Å². The van der Waals surface area contributed by atoms with Crippen molar-refractivity contribution >= 4 is 29.2 Å². The molecular weight excluding hydrogens is 289 g/mol. The van der Waals surface area contributed by atoms with Crippen LogP contribution in [0, 0.1) is 0 Å². The van der Waals surface area contributed by atoms with Gasteiger partial charge >= 0.3 is 5.97 Å². The van der Waals surface area contributed by atoms with E-state index in [-0.39, 0.29) is 5.88 Å². The third-order valence-corrected chi connectivity index (χ3v) is 3.15. The van der Waals surface area contributed by atoms with Crippen molar-refractivity contribution in [2.75, 3.05) is 12.5 Å². The number of carboxylic acid groups (broad SMARTS) is 1. The van der Waals surface area contributed by atoms with E-state index in [9.17, 15) is 4.79 Å². The molecule has 0 amide bonds. The molecule has 4 nitrogen and oxygen atoms in total. The zero-order valence-electron chi connectivity index (χ0n) is 11.3. The minimum Gasteiger partial charge on any atom is -0.495 e. The van der Waals surface area contributed by atoms with E-state index < -0.39 is 12.0 Å². The standard InChI is InChI=1S/C13H21Cl2NO3/c1-3-9(5-6-11(16)13(17)18)7-10(15)12(8-14)19-4-2/h7,11H,3-6,8,16H2,1-2H3,(H,17,18)/b9-7+,12-10-. The Kier molecular flexibility index (Phi) is 9.74. The number of halogens is 2. The summed E-state index contributed by atoms with van der Waals surface area (Å²) in [6, 6.07) is -0.850. The van der Waals surface area contributed by atoms with Crippen LogP contribution in [0.1, 0.15) is 33.1 Å². The predicted molar refractivity (Wildman–Crippen MR) is 78.4 cm³/mol. The van der Waals surface area contributed by atoms with Crippen LogP contribution in [0.25, 0.3) is 0 Å². The lowest BCUT2D eigenvalue weighted by Gasteiger charge is -2.10. The molecule has 0 saturated heterocycles. The molecule has 0 radical (unpaired) electrons. The Morgan fingerprint density at radius 1 is 1.47 bits per heavy atom. The summed E-state index contributed by atoms with van der Waals surface area (Å²) < 4.78 is 5.31. The van der Waals surface area contributed by atoms with Crippen LogP contribution in [-0.2, 0) is 9.53 Å². The fraction of sp³-hybridized carbons (Fsp3) is 0.615. The molecule has 0 aliphatic rings. The molecule has 0 aliphatic carbocycles. The van der Waals surface area contributed by atoms with E-state index in [2.05, 4.69) is 0 Å². The van der Waals surface area contributed by atoms with Crippen molar-refractivity contribution in [3.63, 3.8) is 0 Å². The highest BCUT2D eigenvalue weighted by atomic mass is 35.5. The predicted octanol–water partition coefficient (Wildman–Crippen LogP) is 3.24. The van der Waals surface area contributed by atoms with E-state index in [1.165, 1.54) is 0 Å². The van der Waals surface area contributed by atoms with Crippen LogP contribution in [0.4, 0.5) is 0 Å². The molecule has 3 N–H and O–H groups in total. The van der Waals surface area contributed by atoms with Crippen molar-refractivity contribution in [1.82, 2.24) is 0 Å². The van der Waals surface area contributed by atoms with Gasteiger partial charge in [0.15, 0.2) is 0 Å². The summed E-state index contributed by atoms with van der Waals surface area (Å²) in [5, 5.41) is 9.18. The van der Waals surface area contributed by atoms with E-state index in [1.807, 2.05) is 13.8 Å². The summed E-state index contributed by atoms with van der Waals surface area (Å²) in [5.74, 6) is -0.262. The fourth-order valence-corrected chi connectivity index (χ4v) is 1.99. The molecule has 0 bridgehead atoms. The molecule has 1 unspecified atom stereocenters. The molecule has 0 rings (SSSR count). The Morgan fingerprint density at radius 2 is 2.11 bits per heavy atom. The molecule has 0 saturated carbocycles. The Hall–Kier alpha value is -0.710. The average Bonchev–Trinajstić information content (AvgIpc) is 2.39. The fourth-order valence-electron chi connectivity index (χ4n) is 1.42. The highest BCUT2D eigenvalue weighted by molar-refractivity contribution is 6.32. The molecule has 1 atom stereocenters. The monoisotopic (exact) mass is 309 g/mol. The first-order chi connectivity index (χ1) is 8.96. The van der Waals surface area contributed by atoms with Gasteiger partial charge in [-0.25, -0.2) is 0 Å². The first kappa shape index (κ1) is 18.3. The maximum Gasteiger partial charge on any atom is 0.320 e. The Labute approximate surface area is 124 Å². The van der Waals surface area contributed by atoms with Crippen molar-refractivity contribution in [2.24, 2.45) is 5.73 Å². The van der Waals surface area contributed by atoms with Crippen molar-refractivity contribution < 1.29 is 14.6 Å². The first-order valence-corrected chi connectivity index (χ1v) is 7.12. The first-order valence-electron chi connectivity index (χ1n) is 6.21. The van der Waals surface area contributed by atoms with Crippen molar-refractivity contribution in [1.29, 1.82) is 0 Å². The number of carbonyl (C=O) groups is 1. The topological polar surface area (TPSA) is 72.5 Å². The second-order valence-electron chi connectivity index (χ2n) is 3.98. The molecule has 0 heterocycles. The molecule has 110 valence electrons. The number of carboxylic acids is 1. The Bertz CT molecular complexity index is 354. The van der Waals surface area contributed by atoms with Gasteiger partial charge in [0, 0.05) is 0 Å². The lowest BCUT2D eigenvalue weighted by molar-refractivity contribution is -0.138. The normalized spacial score (nSPS) is 14.9. The van der Waals surface area contributed by atoms with E-state index in [0.29, 0.717) is 30.2 Å². The SMILES string of the molecule is CCO/C(CCl)=C(Cl)/C=C(\CC)CCC(N)C(=O)O. The number of rotatable bonds is 9. The van der Waals surface area contributed by atoms with Gasteiger partial charge in [-0.05, 0) is 32.3 Å². The summed E-state index contributed by atoms with van der Waals surface area (Å²) in [6.45, 7) is 4.33. The van der Waals surface area contributed by atoms with Crippen molar-refractivity contribution in [3.8, 4) is 0 Å². The summed E-state index contributed by atoms with van der Waals surface area (Å²) in [4.78, 5) is 10.6. The van der Waals surface area contributed by atoms with Gasteiger partial charge in [0.1, 0.15) is 11.8 Å². The minimum atomic E-state index is -0.993. The number of hydrogen-bond donors (Lipinski definition) is 2. The number of nitrogens with two attached hydrogens (primary N) is 1. The van der Waals surface area contributed by atoms with Gasteiger partial charge in [0.25, 0.3) is 0 Å². The van der Waals surface area contributed by atoms with Crippen LogP contribution in [0.5, 0.6) is 0 Å². The average molecular weight is 310 g/mol. The Morgan fingerprint density at radius 3 is 2.53 bits per heavy atom. The summed E-state index contributed by atoms with van der Waals surface area (Å²) >= 11 is 11.9. The number of allylic oxidation sites excluding steroid dienone is 4. The molecular formula is C13H21Cl2NO3. The number of aliphatic carboxylic acids is 1. The molecule has 19 heavy (non-hydrogen) atoms. The van der Waals surface area contributed by atoms with Gasteiger partial charge < -0.3 is 15.6 Å². The maximum absolute atomic E-state index is 10.6. The third-order valence-electron chi connectivity index (χ3n) is 2.58. The van der Waals surface area contributed by atoms with Crippen LogP contribution in [0.3, 0.4) is 0 Å². The minimum absolute atomic E-state index is 0.203. The van der Waals surface area contributed by atoms with Crippen LogP contribution in [-0.4, -0.2) is 29.6 Å². The summed E-state index contributed by atoms with van der Waals surface area (Å²) in [6.07, 6.45) is 3.51. The summed E-state index contributed by atoms with van der Waals surface area (Å²) in [7, 11) is 0. The summed E-state index contributed by atoms with van der Waals surface area (Å²) in [5.41, 5.74) is 6.48. The second-order valence-corrected chi connectivity index (χ2v) is 4.65. The molecule has 0 fully saturated rings. The van der Waals surface area contributed by atoms with Crippen molar-refractivity contribution in [3.05, 3.63) is 22.4 Å². The molecule has 0 spiro atoms.